The summed E-state index contributed by atoms with van der Waals surface area (Å²) in [4.78, 5) is 255. The number of carbonyl (C=O) groups excluding carboxylic acids is 20. The summed E-state index contributed by atoms with van der Waals surface area (Å²) in [6, 6.07) is -3.47. The molecule has 15 atom stereocenters. The average molecular weight is 1970 g/mol. The second kappa shape index (κ2) is 65.3. The Balaban J connectivity index is 1.39. The molecule has 782 valence electrons. The van der Waals surface area contributed by atoms with Crippen LogP contribution in [0.25, 0.3) is 0 Å². The fraction of sp³-hybridized carbons (Fsp3) is 0.785. The molecule has 0 aromatic heterocycles. The molecule has 0 bridgehead atoms. The topological polar surface area (TPSA) is 591 Å². The fourth-order valence-electron chi connectivity index (χ4n) is 16.3. The molecule has 9 N–H and O–H groups in total. The zero-order valence-corrected chi connectivity index (χ0v) is 82.5. The zero-order chi connectivity index (χ0) is 102. The van der Waals surface area contributed by atoms with Crippen LogP contribution in [0, 0.1) is 17.3 Å². The van der Waals surface area contributed by atoms with Gasteiger partial charge in [-0.05, 0) is 109 Å². The van der Waals surface area contributed by atoms with E-state index in [-0.39, 0.29) is 156 Å². The number of unbranched alkanes of at least 4 members (excludes halogenated alkanes) is 9. The molecular weight excluding hydrogens is 1820 g/mol. The standard InChI is InChI=1S/C93H150N10O35/c1-56(2)70(116)31-30-45-97-79(122)38-41-93(54-98-77(120)32-18-15-24-42-94-74(117)34-21-27-48-124-90-81(100-57(3)104)87(133-66(12)113)84(130-63(9)110)71(136-90)51-127-60(6)107,55-99-78(121)33-19-16-25-43-95-75(118)35-22-28-49-125-91-82(101-58(4)105)88(134-67(13)114)85(131-64(10)111)72(137-91)52-128-61(7)108)69-39-46-103(47-40-69)80(123)37-20-17-26-44-96-76(119)36-23-29-50-126-92-83(102-59(5)106)89(135-68(14)115)86(132-65(11)112)73(138-92)53-129-62(8)109/h56,69,71-73,81-92H,15-55H2,1-14H3,(H,94,117)(H,95,118)(H,96,119)(H,97,122)(H,98,120)(H,99,121)(H,100,104)(H,101,105)(H,102,106). The van der Waals surface area contributed by atoms with Gasteiger partial charge in [-0.15, -0.1) is 0 Å². The number of likely N-dealkylation sites (tertiary alicyclic amines) is 1. The third-order valence-corrected chi connectivity index (χ3v) is 23.1. The van der Waals surface area contributed by atoms with E-state index in [4.69, 9.17) is 71.1 Å². The molecule has 0 spiro atoms. The van der Waals surface area contributed by atoms with Gasteiger partial charge in [0, 0.05) is 218 Å². The number of esters is 9. The first-order chi connectivity index (χ1) is 65.5. The largest absolute Gasteiger partial charge is 0.463 e. The molecule has 4 fully saturated rings. The number of hydrogen-bond donors (Lipinski definition) is 9. The van der Waals surface area contributed by atoms with Crippen LogP contribution < -0.4 is 47.9 Å². The minimum atomic E-state index is -1.31. The van der Waals surface area contributed by atoms with E-state index in [1.165, 1.54) is 27.7 Å². The lowest BCUT2D eigenvalue weighted by atomic mass is 9.67. The van der Waals surface area contributed by atoms with Crippen LogP contribution in [0.2, 0.25) is 0 Å². The number of ketones is 1. The van der Waals surface area contributed by atoms with E-state index < -0.39 is 189 Å². The molecule has 0 radical (unpaired) electrons. The van der Waals surface area contributed by atoms with Crippen LogP contribution in [0.1, 0.15) is 270 Å². The predicted octanol–water partition coefficient (Wildman–Crippen LogP) is 2.90. The summed E-state index contributed by atoms with van der Waals surface area (Å²) >= 11 is 0. The molecule has 0 aliphatic carbocycles. The van der Waals surface area contributed by atoms with Crippen LogP contribution in [0.5, 0.6) is 0 Å². The number of Topliss-reactive ketones (excluding diaryl/α,β-unsaturated/α-hetero) is 1. The third kappa shape index (κ3) is 48.3. The van der Waals surface area contributed by atoms with Crippen molar-refractivity contribution in [2.45, 2.75) is 362 Å². The van der Waals surface area contributed by atoms with Crippen LogP contribution in [-0.2, 0) is 167 Å². The molecule has 15 unspecified atom stereocenters. The number of amides is 10. The molecule has 0 saturated carbocycles. The lowest BCUT2D eigenvalue weighted by Crippen LogP contribution is -2.66. The van der Waals surface area contributed by atoms with Crippen molar-refractivity contribution in [2.24, 2.45) is 17.3 Å². The van der Waals surface area contributed by atoms with Crippen molar-refractivity contribution in [1.29, 1.82) is 0 Å². The van der Waals surface area contributed by atoms with Gasteiger partial charge in [-0.3, -0.25) is 95.9 Å². The van der Waals surface area contributed by atoms with Gasteiger partial charge in [-0.1, -0.05) is 33.1 Å². The van der Waals surface area contributed by atoms with E-state index in [1.807, 2.05) is 0 Å². The molecule has 10 amide bonds. The molecule has 4 heterocycles. The smallest absolute Gasteiger partial charge is 0.303 e. The lowest BCUT2D eigenvalue weighted by Gasteiger charge is -2.45. The Hall–Kier alpha value is -10.6. The second-order valence-corrected chi connectivity index (χ2v) is 35.3. The highest BCUT2D eigenvalue weighted by Crippen LogP contribution is 2.40. The monoisotopic (exact) mass is 1970 g/mol. The molecule has 4 aliphatic heterocycles. The van der Waals surface area contributed by atoms with Crippen LogP contribution in [0.4, 0.5) is 0 Å². The van der Waals surface area contributed by atoms with Crippen molar-refractivity contribution >= 4 is 119 Å². The summed E-state index contributed by atoms with van der Waals surface area (Å²) in [6.45, 7) is 18.3. The van der Waals surface area contributed by atoms with Crippen molar-refractivity contribution in [3.05, 3.63) is 0 Å². The van der Waals surface area contributed by atoms with Gasteiger partial charge < -0.3 is 124 Å². The minimum absolute atomic E-state index is 0.00449. The average Bonchev–Trinajstić information content (AvgIpc) is 0.791. The van der Waals surface area contributed by atoms with Crippen LogP contribution in [0.3, 0.4) is 0 Å². The van der Waals surface area contributed by atoms with E-state index in [1.54, 1.807) is 18.7 Å². The molecule has 4 saturated heterocycles. The summed E-state index contributed by atoms with van der Waals surface area (Å²) in [5.41, 5.74) is -0.926. The van der Waals surface area contributed by atoms with Crippen LogP contribution in [0.15, 0.2) is 0 Å². The maximum absolute atomic E-state index is 14.0. The van der Waals surface area contributed by atoms with E-state index in [2.05, 4.69) is 47.9 Å². The number of hydrogen-bond acceptors (Lipinski definition) is 35. The first-order valence-corrected chi connectivity index (χ1v) is 47.9. The number of rotatable bonds is 64. The number of piperidine rings is 1. The normalized spacial score (nSPS) is 22.2. The fourth-order valence-corrected chi connectivity index (χ4v) is 16.3. The van der Waals surface area contributed by atoms with Gasteiger partial charge in [-0.25, -0.2) is 0 Å². The highest BCUT2D eigenvalue weighted by Gasteiger charge is 2.55. The first kappa shape index (κ1) is 120. The minimum Gasteiger partial charge on any atom is -0.463 e. The van der Waals surface area contributed by atoms with Gasteiger partial charge in [0.25, 0.3) is 0 Å². The van der Waals surface area contributed by atoms with E-state index in [0.717, 1.165) is 55.4 Å². The van der Waals surface area contributed by atoms with E-state index >= 15 is 0 Å². The molecule has 45 nitrogen and oxygen atoms in total. The van der Waals surface area contributed by atoms with Gasteiger partial charge in [0.15, 0.2) is 55.5 Å². The molecule has 0 aromatic rings. The first-order valence-electron chi connectivity index (χ1n) is 47.9. The SMILES string of the molecule is CC(=O)NC1C(OCCCCC(=O)NCCCCCC(=O)NCC(CCC(=O)NCCCC(=O)C(C)C)(CNC(=O)CCCCCNC(=O)CCCCOC2OC(COC(C)=O)C(OC(C)=O)C(OC(C)=O)C2NC(C)=O)C2CCN(C(=O)CCCCCNC(=O)CCCCOC3OC(COC(C)=O)C(OC(C)=O)C(OC(C)=O)C3NC(C)=O)CC2)OC(COC(C)=O)C(OC(C)=O)C1OC(C)=O. The maximum atomic E-state index is 14.0. The Morgan fingerprint density at radius 1 is 0.312 bits per heavy atom. The highest BCUT2D eigenvalue weighted by molar-refractivity contribution is 5.82. The number of carbonyl (C=O) groups is 20. The molecular formula is C93H150N10O35. The third-order valence-electron chi connectivity index (χ3n) is 23.1. The van der Waals surface area contributed by atoms with Crippen molar-refractivity contribution in [3.8, 4) is 0 Å². The summed E-state index contributed by atoms with van der Waals surface area (Å²) in [5, 5.41) is 25.9. The molecule has 138 heavy (non-hydrogen) atoms. The van der Waals surface area contributed by atoms with Gasteiger partial charge in [0.2, 0.25) is 59.1 Å². The second-order valence-electron chi connectivity index (χ2n) is 35.3. The maximum Gasteiger partial charge on any atom is 0.303 e. The molecule has 45 heteroatoms. The highest BCUT2D eigenvalue weighted by atomic mass is 16.7. The number of nitrogens with zero attached hydrogens (tertiary/aromatic N) is 1. The zero-order valence-electron chi connectivity index (χ0n) is 82.5. The Morgan fingerprint density at radius 2 is 0.587 bits per heavy atom. The van der Waals surface area contributed by atoms with Crippen molar-refractivity contribution in [3.63, 3.8) is 0 Å². The van der Waals surface area contributed by atoms with Crippen molar-refractivity contribution < 1.29 is 167 Å². The summed E-state index contributed by atoms with van der Waals surface area (Å²) in [6.07, 6.45) is -5.58. The summed E-state index contributed by atoms with van der Waals surface area (Å²) in [5.74, 6) is -10.2. The quantitative estimate of drug-likeness (QED) is 0.0240. The Kier molecular flexibility index (Phi) is 56.6. The Morgan fingerprint density at radius 3 is 0.877 bits per heavy atom. The van der Waals surface area contributed by atoms with Crippen LogP contribution >= 0.6 is 0 Å². The van der Waals surface area contributed by atoms with E-state index in [9.17, 15) is 95.9 Å². The predicted molar refractivity (Wildman–Crippen MR) is 485 cm³/mol. The molecule has 0 aromatic carbocycles. The van der Waals surface area contributed by atoms with Gasteiger partial charge >= 0.3 is 53.7 Å². The van der Waals surface area contributed by atoms with Crippen molar-refractivity contribution in [1.82, 2.24) is 52.8 Å². The summed E-state index contributed by atoms with van der Waals surface area (Å²) in [7, 11) is 0. The molecule has 4 rings (SSSR count). The van der Waals surface area contributed by atoms with Gasteiger partial charge in [0.05, 0.1) is 0 Å². The van der Waals surface area contributed by atoms with Gasteiger partial charge in [0.1, 0.15) is 62.0 Å². The Bertz CT molecular complexity index is 3820. The van der Waals surface area contributed by atoms with Crippen molar-refractivity contribution in [2.75, 3.05) is 92.0 Å². The lowest BCUT2D eigenvalue weighted by molar-refractivity contribution is -0.277. The Labute approximate surface area is 806 Å². The van der Waals surface area contributed by atoms with Gasteiger partial charge in [-0.2, -0.15) is 0 Å². The number of nitrogens with one attached hydrogen (secondary N) is 9. The molecule has 4 aliphatic rings. The van der Waals surface area contributed by atoms with Crippen LogP contribution in [-0.4, -0.2) is 307 Å². The van der Waals surface area contributed by atoms with E-state index in [0.29, 0.717) is 148 Å². The summed E-state index contributed by atoms with van der Waals surface area (Å²) < 4.78 is 84.6. The number of ether oxygens (including phenoxy) is 15.